The van der Waals surface area contributed by atoms with Crippen LogP contribution in [0, 0.1) is 46.8 Å². The highest BCUT2D eigenvalue weighted by atomic mass is 35.5. The van der Waals surface area contributed by atoms with E-state index >= 15 is 8.78 Å². The number of nitrogens with zero attached hydrogens (tertiary/aromatic N) is 2. The molecule has 0 unspecified atom stereocenters. The zero-order valence-corrected chi connectivity index (χ0v) is 24.3. The number of benzene rings is 2. The molecular formula is C29H21Cl2F5N2O6. The van der Waals surface area contributed by atoms with E-state index in [1.165, 1.54) is 25.3 Å². The van der Waals surface area contributed by atoms with Crippen LogP contribution in [0.5, 0.6) is 11.5 Å². The zero-order valence-electron chi connectivity index (χ0n) is 22.8. The van der Waals surface area contributed by atoms with Crippen molar-refractivity contribution in [1.82, 2.24) is 4.90 Å². The van der Waals surface area contributed by atoms with Crippen molar-refractivity contribution in [3.05, 3.63) is 64.5 Å². The fourth-order valence-corrected chi connectivity index (χ4v) is 8.11. The Kier molecular flexibility index (Phi) is 6.82. The molecule has 1 N–H and O–H groups in total. The van der Waals surface area contributed by atoms with Gasteiger partial charge in [0.2, 0.25) is 17.6 Å². The van der Waals surface area contributed by atoms with Gasteiger partial charge in [-0.25, -0.2) is 26.9 Å². The Morgan fingerprint density at radius 3 is 2.14 bits per heavy atom. The second-order valence-corrected chi connectivity index (χ2v) is 12.3. The Morgan fingerprint density at radius 1 is 0.932 bits per heavy atom. The Balaban J connectivity index is 1.63. The van der Waals surface area contributed by atoms with E-state index < -0.39 is 104 Å². The minimum absolute atomic E-state index is 0.00451. The normalized spacial score (nSPS) is 31.2. The number of amides is 4. The van der Waals surface area contributed by atoms with E-state index in [0.29, 0.717) is 0 Å². The largest absolute Gasteiger partial charge is 0.508 e. The molecule has 2 heterocycles. The summed E-state index contributed by atoms with van der Waals surface area (Å²) >= 11 is 14.0. The number of carbonyl (C=O) groups is 4. The van der Waals surface area contributed by atoms with Crippen LogP contribution in [0.1, 0.15) is 31.2 Å². The number of fused-ring (bicyclic) bond motifs is 4. The molecule has 232 valence electrons. The molecule has 2 aliphatic carbocycles. The summed E-state index contributed by atoms with van der Waals surface area (Å²) in [7, 11) is 1.30. The molecule has 0 radical (unpaired) electrons. The van der Waals surface area contributed by atoms with Gasteiger partial charge in [-0.15, -0.1) is 23.2 Å². The van der Waals surface area contributed by atoms with Gasteiger partial charge >= 0.3 is 0 Å². The second-order valence-electron chi connectivity index (χ2n) is 11.0. The highest BCUT2D eigenvalue weighted by Gasteiger charge is 2.77. The standard InChI is InChI=1S/C29H21Cl2F5N2O6/c1-3-37-24(40)12-6-5-11-14(16(12)25(37)41)9-28(30)26(42)38(23-21(35)19(33)18(32)20(34)22(23)36)27(43)29(28,31)17(11)13-8-10(44-2)4-7-15(13)39/h4-5,7-8,12,14,16-17,39H,3,6,9H2,1-2H3/t12-,14+,16-,17+,28+,29-/m0/s1. The molecule has 6 rings (SSSR count). The van der Waals surface area contributed by atoms with Crippen LogP contribution in [-0.2, 0) is 19.2 Å². The lowest BCUT2D eigenvalue weighted by molar-refractivity contribution is -0.140. The fourth-order valence-electron chi connectivity index (χ4n) is 7.18. The number of phenols is 1. The number of anilines is 1. The van der Waals surface area contributed by atoms with E-state index in [2.05, 4.69) is 0 Å². The summed E-state index contributed by atoms with van der Waals surface area (Å²) in [6, 6.07) is 3.82. The van der Waals surface area contributed by atoms with Crippen LogP contribution in [0.3, 0.4) is 0 Å². The average Bonchev–Trinajstić information content (AvgIpc) is 3.33. The third kappa shape index (κ3) is 3.56. The van der Waals surface area contributed by atoms with E-state index in [1.54, 1.807) is 13.0 Å². The number of carbonyl (C=O) groups excluding carboxylic acids is 4. The van der Waals surface area contributed by atoms with Crippen molar-refractivity contribution in [1.29, 1.82) is 0 Å². The minimum atomic E-state index is -2.74. The summed E-state index contributed by atoms with van der Waals surface area (Å²) in [5, 5.41) is 11.0. The smallest absolute Gasteiger partial charge is 0.258 e. The summed E-state index contributed by atoms with van der Waals surface area (Å²) in [6.45, 7) is 1.64. The van der Waals surface area contributed by atoms with Crippen molar-refractivity contribution < 1.29 is 51.0 Å². The molecule has 2 aromatic rings. The fraction of sp³-hybridized carbons (Fsp3) is 0.379. The van der Waals surface area contributed by atoms with Crippen LogP contribution in [0.25, 0.3) is 0 Å². The van der Waals surface area contributed by atoms with Gasteiger partial charge in [0.05, 0.1) is 18.9 Å². The maximum Gasteiger partial charge on any atom is 0.258 e. The molecule has 6 atom stereocenters. The zero-order chi connectivity index (χ0) is 32.2. The topological polar surface area (TPSA) is 104 Å². The summed E-state index contributed by atoms with van der Waals surface area (Å²) in [5.74, 6) is -21.5. The molecule has 0 spiro atoms. The lowest BCUT2D eigenvalue weighted by Crippen LogP contribution is -2.60. The van der Waals surface area contributed by atoms with E-state index in [9.17, 15) is 37.5 Å². The molecule has 1 saturated carbocycles. The number of alkyl halides is 2. The lowest BCUT2D eigenvalue weighted by atomic mass is 9.56. The summed E-state index contributed by atoms with van der Waals surface area (Å²) in [6.07, 6.45) is 0.920. The van der Waals surface area contributed by atoms with Gasteiger partial charge in [0.15, 0.2) is 33.0 Å². The highest BCUT2D eigenvalue weighted by Crippen LogP contribution is 2.66. The van der Waals surface area contributed by atoms with Crippen molar-refractivity contribution in [2.45, 2.75) is 35.4 Å². The van der Waals surface area contributed by atoms with Gasteiger partial charge in [-0.1, -0.05) is 11.6 Å². The molecule has 0 aromatic heterocycles. The monoisotopic (exact) mass is 658 g/mol. The number of rotatable bonds is 4. The number of likely N-dealkylation sites (tertiary alicyclic amines) is 1. The Labute approximate surface area is 255 Å². The number of hydrogen-bond donors (Lipinski definition) is 1. The first-order valence-electron chi connectivity index (χ1n) is 13.4. The van der Waals surface area contributed by atoms with E-state index in [1.807, 2.05) is 0 Å². The molecule has 2 saturated heterocycles. The van der Waals surface area contributed by atoms with Gasteiger partial charge in [-0.2, -0.15) is 0 Å². The number of halogens is 7. The van der Waals surface area contributed by atoms with E-state index in [0.717, 1.165) is 4.90 Å². The molecule has 15 heteroatoms. The van der Waals surface area contributed by atoms with Crippen molar-refractivity contribution in [2.75, 3.05) is 18.6 Å². The molecular weight excluding hydrogens is 638 g/mol. The molecule has 44 heavy (non-hydrogen) atoms. The van der Waals surface area contributed by atoms with Crippen LogP contribution in [0.15, 0.2) is 29.8 Å². The number of imide groups is 2. The first kappa shape index (κ1) is 30.3. The Morgan fingerprint density at radius 2 is 1.55 bits per heavy atom. The summed E-state index contributed by atoms with van der Waals surface area (Å²) in [4.78, 5) is 50.2. The van der Waals surface area contributed by atoms with Crippen LogP contribution >= 0.6 is 23.2 Å². The summed E-state index contributed by atoms with van der Waals surface area (Å²) < 4.78 is 77.8. The predicted molar refractivity (Wildman–Crippen MR) is 143 cm³/mol. The van der Waals surface area contributed by atoms with Gasteiger partial charge in [-0.05, 0) is 43.9 Å². The van der Waals surface area contributed by atoms with E-state index in [4.69, 9.17) is 27.9 Å². The number of hydrogen-bond acceptors (Lipinski definition) is 6. The van der Waals surface area contributed by atoms with Crippen LogP contribution in [0.4, 0.5) is 27.6 Å². The maximum atomic E-state index is 15.1. The summed E-state index contributed by atoms with van der Waals surface area (Å²) in [5.41, 5.74) is -1.79. The van der Waals surface area contributed by atoms with Gasteiger partial charge < -0.3 is 9.84 Å². The lowest BCUT2D eigenvalue weighted by Gasteiger charge is -2.50. The van der Waals surface area contributed by atoms with Crippen molar-refractivity contribution in [3.8, 4) is 11.5 Å². The second kappa shape index (κ2) is 9.90. The molecule has 3 fully saturated rings. The van der Waals surface area contributed by atoms with Crippen molar-refractivity contribution >= 4 is 52.5 Å². The quantitative estimate of drug-likeness (QED) is 0.128. The Bertz CT molecular complexity index is 1710. The number of allylic oxidation sites excluding steroid dienone is 2. The van der Waals surface area contributed by atoms with Crippen molar-refractivity contribution in [2.24, 2.45) is 17.8 Å². The first-order chi connectivity index (χ1) is 20.7. The first-order valence-corrected chi connectivity index (χ1v) is 14.1. The van der Waals surface area contributed by atoms with Gasteiger partial charge in [-0.3, -0.25) is 24.1 Å². The number of phenolic OH excluding ortho intramolecular Hbond substituents is 1. The third-order valence-corrected chi connectivity index (χ3v) is 10.6. The molecule has 4 aliphatic rings. The molecule has 8 nitrogen and oxygen atoms in total. The van der Waals surface area contributed by atoms with Crippen LogP contribution < -0.4 is 9.64 Å². The van der Waals surface area contributed by atoms with Crippen molar-refractivity contribution in [3.63, 3.8) is 0 Å². The minimum Gasteiger partial charge on any atom is -0.508 e. The average molecular weight is 659 g/mol. The van der Waals surface area contributed by atoms with Crippen LogP contribution in [0.2, 0.25) is 0 Å². The van der Waals surface area contributed by atoms with Crippen LogP contribution in [-0.4, -0.2) is 57.0 Å². The molecule has 4 amide bonds. The third-order valence-electron chi connectivity index (χ3n) is 9.17. The van der Waals surface area contributed by atoms with Gasteiger partial charge in [0, 0.05) is 18.0 Å². The molecule has 2 aromatic carbocycles. The number of ether oxygens (including phenoxy) is 1. The molecule has 2 aliphatic heterocycles. The SMILES string of the molecule is CCN1C(=O)[C@H]2[C@H](CC=C3[C@H]2C[C@@]2(Cl)C(=O)N(c4c(F)c(F)c(F)c(F)c4F)C(=O)[C@@]2(Cl)[C@H]3c2cc(OC)ccc2O)C1=O. The maximum absolute atomic E-state index is 15.1. The Hall–Kier alpha value is -3.71. The predicted octanol–water partition coefficient (Wildman–Crippen LogP) is 4.68. The highest BCUT2D eigenvalue weighted by molar-refractivity contribution is 6.58. The van der Waals surface area contributed by atoms with Gasteiger partial charge in [0.1, 0.15) is 17.2 Å². The molecule has 0 bridgehead atoms. The number of aromatic hydroxyl groups is 1. The van der Waals surface area contributed by atoms with E-state index in [-0.39, 0.29) is 34.8 Å². The number of methoxy groups -OCH3 is 1. The van der Waals surface area contributed by atoms with Gasteiger partial charge in [0.25, 0.3) is 11.8 Å².